The minimum Gasteiger partial charge on any atom is -0.383 e. The van der Waals surface area contributed by atoms with E-state index in [0.29, 0.717) is 26.2 Å². The first-order chi connectivity index (χ1) is 8.22. The third-order valence-electron chi connectivity index (χ3n) is 2.20. The molecule has 0 radical (unpaired) electrons. The summed E-state index contributed by atoms with van der Waals surface area (Å²) < 4.78 is 6.66. The normalized spacial score (nSPS) is 12.4. The van der Waals surface area contributed by atoms with Crippen molar-refractivity contribution in [2.24, 2.45) is 0 Å². The van der Waals surface area contributed by atoms with Gasteiger partial charge in [-0.15, -0.1) is 0 Å². The summed E-state index contributed by atoms with van der Waals surface area (Å²) in [7, 11) is 1.63. The number of nitrogens with one attached hydrogen (secondary N) is 2. The molecule has 6 heteroatoms. The summed E-state index contributed by atoms with van der Waals surface area (Å²) in [5.41, 5.74) is 0. The minimum absolute atomic E-state index is 0.0132. The van der Waals surface area contributed by atoms with Crippen LogP contribution in [0.2, 0.25) is 0 Å². The number of rotatable bonds is 8. The SMILES string of the molecule is COCCNCC(=O)NC(C)Cn1cccn1. The first-order valence-electron chi connectivity index (χ1n) is 5.69. The smallest absolute Gasteiger partial charge is 0.234 e. The molecule has 0 bridgehead atoms. The van der Waals surface area contributed by atoms with Crippen LogP contribution in [0.25, 0.3) is 0 Å². The van der Waals surface area contributed by atoms with Gasteiger partial charge in [0, 0.05) is 32.1 Å². The van der Waals surface area contributed by atoms with Crippen molar-refractivity contribution in [3.63, 3.8) is 0 Å². The Bertz CT molecular complexity index is 313. The van der Waals surface area contributed by atoms with Crippen molar-refractivity contribution < 1.29 is 9.53 Å². The lowest BCUT2D eigenvalue weighted by atomic mass is 10.3. The molecule has 0 saturated carbocycles. The van der Waals surface area contributed by atoms with Crippen LogP contribution in [-0.2, 0) is 16.1 Å². The highest BCUT2D eigenvalue weighted by Gasteiger charge is 2.07. The molecule has 0 spiro atoms. The molecular weight excluding hydrogens is 220 g/mol. The van der Waals surface area contributed by atoms with Crippen molar-refractivity contribution in [2.75, 3.05) is 26.8 Å². The second-order valence-electron chi connectivity index (χ2n) is 3.87. The van der Waals surface area contributed by atoms with E-state index >= 15 is 0 Å². The molecule has 1 rings (SSSR count). The highest BCUT2D eigenvalue weighted by atomic mass is 16.5. The fourth-order valence-corrected chi connectivity index (χ4v) is 1.44. The van der Waals surface area contributed by atoms with Crippen molar-refractivity contribution in [2.45, 2.75) is 19.5 Å². The molecule has 6 nitrogen and oxygen atoms in total. The summed E-state index contributed by atoms with van der Waals surface area (Å²) in [4.78, 5) is 11.5. The molecule has 17 heavy (non-hydrogen) atoms. The molecule has 0 saturated heterocycles. The number of nitrogens with zero attached hydrogens (tertiary/aromatic N) is 2. The molecule has 1 amide bonds. The first kappa shape index (κ1) is 13.7. The van der Waals surface area contributed by atoms with Crippen LogP contribution in [0.4, 0.5) is 0 Å². The van der Waals surface area contributed by atoms with E-state index in [1.807, 2.05) is 19.2 Å². The summed E-state index contributed by atoms with van der Waals surface area (Å²) in [6.45, 7) is 4.23. The molecule has 1 atom stereocenters. The van der Waals surface area contributed by atoms with Crippen molar-refractivity contribution >= 4 is 5.91 Å². The zero-order chi connectivity index (χ0) is 12.5. The quantitative estimate of drug-likeness (QED) is 0.608. The van der Waals surface area contributed by atoms with E-state index in [0.717, 1.165) is 0 Å². The zero-order valence-electron chi connectivity index (χ0n) is 10.3. The summed E-state index contributed by atoms with van der Waals surface area (Å²) in [5, 5.41) is 9.97. The maximum atomic E-state index is 11.5. The Labute approximate surface area is 101 Å². The number of hydrogen-bond donors (Lipinski definition) is 2. The van der Waals surface area contributed by atoms with Gasteiger partial charge in [0.15, 0.2) is 0 Å². The van der Waals surface area contributed by atoms with Crippen molar-refractivity contribution in [3.8, 4) is 0 Å². The maximum absolute atomic E-state index is 11.5. The molecule has 0 aliphatic rings. The van der Waals surface area contributed by atoms with Gasteiger partial charge >= 0.3 is 0 Å². The van der Waals surface area contributed by atoms with E-state index in [1.165, 1.54) is 0 Å². The van der Waals surface area contributed by atoms with E-state index in [-0.39, 0.29) is 11.9 Å². The standard InChI is InChI=1S/C11H20N4O2/c1-10(9-15-6-3-4-13-15)14-11(16)8-12-5-7-17-2/h3-4,6,10,12H,5,7-9H2,1-2H3,(H,14,16). The van der Waals surface area contributed by atoms with Gasteiger partial charge < -0.3 is 15.4 Å². The average Bonchev–Trinajstić information content (AvgIpc) is 2.77. The minimum atomic E-state index is -0.0132. The number of ether oxygens (including phenoxy) is 1. The van der Waals surface area contributed by atoms with Crippen LogP contribution in [0.3, 0.4) is 0 Å². The van der Waals surface area contributed by atoms with Gasteiger partial charge in [-0.25, -0.2) is 0 Å². The van der Waals surface area contributed by atoms with Crippen molar-refractivity contribution in [1.82, 2.24) is 20.4 Å². The Morgan fingerprint density at radius 3 is 3.06 bits per heavy atom. The van der Waals surface area contributed by atoms with Crippen LogP contribution in [0.15, 0.2) is 18.5 Å². The highest BCUT2D eigenvalue weighted by Crippen LogP contribution is 1.90. The Hall–Kier alpha value is -1.40. The maximum Gasteiger partial charge on any atom is 0.234 e. The third-order valence-corrected chi connectivity index (χ3v) is 2.20. The number of methoxy groups -OCH3 is 1. The van der Waals surface area contributed by atoms with Gasteiger partial charge in [-0.05, 0) is 13.0 Å². The number of aromatic nitrogens is 2. The molecular formula is C11H20N4O2. The molecule has 0 aliphatic heterocycles. The molecule has 0 aliphatic carbocycles. The lowest BCUT2D eigenvalue weighted by Crippen LogP contribution is -2.41. The van der Waals surface area contributed by atoms with E-state index in [2.05, 4.69) is 15.7 Å². The van der Waals surface area contributed by atoms with Gasteiger partial charge in [0.25, 0.3) is 0 Å². The Morgan fingerprint density at radius 1 is 1.59 bits per heavy atom. The van der Waals surface area contributed by atoms with Gasteiger partial charge in [0.1, 0.15) is 0 Å². The summed E-state index contributed by atoms with van der Waals surface area (Å²) in [6.07, 6.45) is 3.60. The lowest BCUT2D eigenvalue weighted by Gasteiger charge is -2.14. The predicted octanol–water partition coefficient (Wildman–Crippen LogP) is -0.376. The van der Waals surface area contributed by atoms with Crippen LogP contribution in [0.5, 0.6) is 0 Å². The highest BCUT2D eigenvalue weighted by molar-refractivity contribution is 5.78. The Morgan fingerprint density at radius 2 is 2.41 bits per heavy atom. The number of carbonyl (C=O) groups excluding carboxylic acids is 1. The average molecular weight is 240 g/mol. The summed E-state index contributed by atoms with van der Waals surface area (Å²) in [5.74, 6) is -0.0132. The van der Waals surface area contributed by atoms with Crippen LogP contribution >= 0.6 is 0 Å². The van der Waals surface area contributed by atoms with Crippen LogP contribution in [0.1, 0.15) is 6.92 Å². The van der Waals surface area contributed by atoms with Gasteiger partial charge in [-0.1, -0.05) is 0 Å². The van der Waals surface area contributed by atoms with Gasteiger partial charge in [0.05, 0.1) is 19.7 Å². The lowest BCUT2D eigenvalue weighted by molar-refractivity contribution is -0.120. The van der Waals surface area contributed by atoms with Crippen LogP contribution in [-0.4, -0.2) is 48.5 Å². The second kappa shape index (κ2) is 7.81. The summed E-state index contributed by atoms with van der Waals surface area (Å²) >= 11 is 0. The van der Waals surface area contributed by atoms with E-state index in [1.54, 1.807) is 18.0 Å². The zero-order valence-corrected chi connectivity index (χ0v) is 10.3. The monoisotopic (exact) mass is 240 g/mol. The van der Waals surface area contributed by atoms with Crippen molar-refractivity contribution in [1.29, 1.82) is 0 Å². The Kier molecular flexibility index (Phi) is 6.27. The van der Waals surface area contributed by atoms with E-state index < -0.39 is 0 Å². The van der Waals surface area contributed by atoms with Gasteiger partial charge in [0.2, 0.25) is 5.91 Å². The summed E-state index contributed by atoms with van der Waals surface area (Å²) in [6, 6.07) is 1.92. The topological polar surface area (TPSA) is 68.2 Å². The number of carbonyl (C=O) groups is 1. The molecule has 1 heterocycles. The first-order valence-corrected chi connectivity index (χ1v) is 5.69. The van der Waals surface area contributed by atoms with Crippen LogP contribution < -0.4 is 10.6 Å². The molecule has 2 N–H and O–H groups in total. The number of amides is 1. The molecule has 0 aromatic carbocycles. The largest absolute Gasteiger partial charge is 0.383 e. The Balaban J connectivity index is 2.13. The molecule has 0 fully saturated rings. The van der Waals surface area contributed by atoms with Crippen LogP contribution in [0, 0.1) is 0 Å². The van der Waals surface area contributed by atoms with E-state index in [4.69, 9.17) is 4.74 Å². The van der Waals surface area contributed by atoms with Gasteiger partial charge in [-0.2, -0.15) is 5.10 Å². The molecule has 96 valence electrons. The molecule has 1 unspecified atom stereocenters. The second-order valence-corrected chi connectivity index (χ2v) is 3.87. The predicted molar refractivity (Wildman–Crippen MR) is 64.6 cm³/mol. The third kappa shape index (κ3) is 6.03. The van der Waals surface area contributed by atoms with Crippen molar-refractivity contribution in [3.05, 3.63) is 18.5 Å². The number of hydrogen-bond acceptors (Lipinski definition) is 4. The fraction of sp³-hybridized carbons (Fsp3) is 0.636. The van der Waals surface area contributed by atoms with Gasteiger partial charge in [-0.3, -0.25) is 9.48 Å². The van der Waals surface area contributed by atoms with E-state index in [9.17, 15) is 4.79 Å². The molecule has 1 aromatic rings. The molecule has 1 aromatic heterocycles. The fourth-order valence-electron chi connectivity index (χ4n) is 1.44.